The van der Waals surface area contributed by atoms with E-state index < -0.39 is 0 Å². The number of hydrogen-bond acceptors (Lipinski definition) is 4. The Balaban J connectivity index is 1.64. The number of nitrogens with one attached hydrogen (secondary N) is 1. The molecule has 0 fully saturated rings. The number of anilines is 1. The maximum Gasteiger partial charge on any atom is 0.237 e. The van der Waals surface area contributed by atoms with Crippen LogP contribution in [0, 0.1) is 0 Å². The van der Waals surface area contributed by atoms with E-state index in [9.17, 15) is 4.79 Å². The molecule has 7 heteroatoms. The molecule has 0 bridgehead atoms. The lowest BCUT2D eigenvalue weighted by molar-refractivity contribution is -0.115. The molecular formula is C24H21BrN4OS. The predicted octanol–water partition coefficient (Wildman–Crippen LogP) is 6.21. The summed E-state index contributed by atoms with van der Waals surface area (Å²) in [4.78, 5) is 13.0. The highest BCUT2D eigenvalue weighted by Gasteiger charge is 2.24. The van der Waals surface area contributed by atoms with Crippen LogP contribution in [0.4, 0.5) is 5.69 Å². The average Bonchev–Trinajstić information content (AvgIpc) is 3.23. The summed E-state index contributed by atoms with van der Waals surface area (Å²) in [6.07, 6.45) is 0.662. The fourth-order valence-corrected chi connectivity index (χ4v) is 4.37. The summed E-state index contributed by atoms with van der Waals surface area (Å²) in [7, 11) is 0. The molecule has 0 saturated carbocycles. The first-order chi connectivity index (χ1) is 15.2. The van der Waals surface area contributed by atoms with Crippen LogP contribution < -0.4 is 5.32 Å². The van der Waals surface area contributed by atoms with E-state index in [-0.39, 0.29) is 11.2 Å². The molecule has 1 N–H and O–H groups in total. The molecule has 0 saturated heterocycles. The molecule has 3 aromatic carbocycles. The minimum atomic E-state index is -0.307. The number of carbonyl (C=O) groups is 1. The van der Waals surface area contributed by atoms with Gasteiger partial charge in [-0.05, 0) is 42.8 Å². The second-order valence-corrected chi connectivity index (χ2v) is 8.94. The zero-order valence-corrected chi connectivity index (χ0v) is 19.3. The van der Waals surface area contributed by atoms with Crippen LogP contribution in [0.15, 0.2) is 94.6 Å². The van der Waals surface area contributed by atoms with Crippen LogP contribution in [0.2, 0.25) is 0 Å². The Morgan fingerprint density at radius 3 is 2.26 bits per heavy atom. The monoisotopic (exact) mass is 492 g/mol. The quantitative estimate of drug-likeness (QED) is 0.311. The van der Waals surface area contributed by atoms with Crippen LogP contribution in [-0.2, 0) is 4.79 Å². The van der Waals surface area contributed by atoms with E-state index in [1.54, 1.807) is 0 Å². The Bertz CT molecular complexity index is 1150. The number of halogens is 1. The summed E-state index contributed by atoms with van der Waals surface area (Å²) in [6.45, 7) is 2.00. The molecule has 0 unspecified atom stereocenters. The second-order valence-electron chi connectivity index (χ2n) is 6.85. The Morgan fingerprint density at radius 1 is 0.968 bits per heavy atom. The van der Waals surface area contributed by atoms with Crippen molar-refractivity contribution in [3.05, 3.63) is 89.4 Å². The van der Waals surface area contributed by atoms with Gasteiger partial charge in [-0.1, -0.05) is 83.1 Å². The van der Waals surface area contributed by atoms with E-state index in [0.29, 0.717) is 11.6 Å². The van der Waals surface area contributed by atoms with Crippen molar-refractivity contribution < 1.29 is 4.79 Å². The molecule has 5 nitrogen and oxygen atoms in total. The lowest BCUT2D eigenvalue weighted by Gasteiger charge is -2.16. The van der Waals surface area contributed by atoms with Crippen molar-refractivity contribution in [2.24, 2.45) is 0 Å². The third-order valence-corrected chi connectivity index (χ3v) is 6.54. The Hall–Kier alpha value is -2.90. The minimum absolute atomic E-state index is 0.0568. The Morgan fingerprint density at radius 2 is 1.61 bits per heavy atom. The molecule has 0 spiro atoms. The van der Waals surface area contributed by atoms with E-state index in [4.69, 9.17) is 0 Å². The maximum atomic E-state index is 13.0. The summed E-state index contributed by atoms with van der Waals surface area (Å²) in [5, 5.41) is 12.3. The van der Waals surface area contributed by atoms with Gasteiger partial charge in [0.1, 0.15) is 0 Å². The van der Waals surface area contributed by atoms with Gasteiger partial charge < -0.3 is 5.32 Å². The number of aromatic nitrogens is 3. The van der Waals surface area contributed by atoms with Crippen LogP contribution in [-0.4, -0.2) is 25.9 Å². The first-order valence-electron chi connectivity index (χ1n) is 9.95. The molecule has 0 aliphatic heterocycles. The van der Waals surface area contributed by atoms with E-state index in [1.165, 1.54) is 11.8 Å². The third-order valence-electron chi connectivity index (χ3n) is 4.70. The van der Waals surface area contributed by atoms with Crippen LogP contribution in [0.25, 0.3) is 17.1 Å². The molecule has 4 aromatic rings. The van der Waals surface area contributed by atoms with Crippen LogP contribution >= 0.6 is 27.7 Å². The summed E-state index contributed by atoms with van der Waals surface area (Å²) in [6, 6.07) is 27.5. The molecule has 0 radical (unpaired) electrons. The molecule has 156 valence electrons. The average molecular weight is 493 g/mol. The van der Waals surface area contributed by atoms with Gasteiger partial charge in [0.2, 0.25) is 5.91 Å². The second kappa shape index (κ2) is 9.94. The lowest BCUT2D eigenvalue weighted by Crippen LogP contribution is -2.25. The summed E-state index contributed by atoms with van der Waals surface area (Å²) < 4.78 is 2.98. The van der Waals surface area contributed by atoms with Crippen molar-refractivity contribution in [1.82, 2.24) is 14.8 Å². The van der Waals surface area contributed by atoms with Crippen LogP contribution in [0.1, 0.15) is 13.3 Å². The number of carbonyl (C=O) groups excluding carboxylic acids is 1. The van der Waals surface area contributed by atoms with E-state index in [2.05, 4.69) is 31.4 Å². The maximum absolute atomic E-state index is 13.0. The fraction of sp³-hybridized carbons (Fsp3) is 0.125. The van der Waals surface area contributed by atoms with Gasteiger partial charge in [-0.3, -0.25) is 9.36 Å². The van der Waals surface area contributed by atoms with Gasteiger partial charge in [0.25, 0.3) is 0 Å². The number of rotatable bonds is 7. The molecule has 1 aromatic heterocycles. The Kier molecular flexibility index (Phi) is 6.84. The van der Waals surface area contributed by atoms with Crippen molar-refractivity contribution >= 4 is 39.3 Å². The molecule has 1 atom stereocenters. The zero-order chi connectivity index (χ0) is 21.6. The van der Waals surface area contributed by atoms with Crippen molar-refractivity contribution in [2.75, 3.05) is 5.32 Å². The normalized spacial score (nSPS) is 11.8. The molecular weight excluding hydrogens is 472 g/mol. The van der Waals surface area contributed by atoms with Gasteiger partial charge in [0, 0.05) is 21.4 Å². The van der Waals surface area contributed by atoms with Gasteiger partial charge in [-0.15, -0.1) is 10.2 Å². The van der Waals surface area contributed by atoms with Crippen molar-refractivity contribution in [2.45, 2.75) is 23.8 Å². The first kappa shape index (κ1) is 21.3. The number of benzene rings is 3. The van der Waals surface area contributed by atoms with Crippen molar-refractivity contribution in [3.8, 4) is 17.1 Å². The molecule has 4 rings (SSSR count). The first-order valence-corrected chi connectivity index (χ1v) is 11.6. The number of nitrogens with zero attached hydrogens (tertiary/aromatic N) is 3. The van der Waals surface area contributed by atoms with Crippen LogP contribution in [0.3, 0.4) is 0 Å². The number of amides is 1. The highest BCUT2D eigenvalue weighted by Crippen LogP contribution is 2.31. The zero-order valence-electron chi connectivity index (χ0n) is 16.9. The topological polar surface area (TPSA) is 59.8 Å². The van der Waals surface area contributed by atoms with E-state index >= 15 is 0 Å². The molecule has 0 aliphatic carbocycles. The van der Waals surface area contributed by atoms with Gasteiger partial charge in [-0.2, -0.15) is 0 Å². The van der Waals surface area contributed by atoms with E-state index in [0.717, 1.165) is 27.2 Å². The van der Waals surface area contributed by atoms with Crippen molar-refractivity contribution in [3.63, 3.8) is 0 Å². The summed E-state index contributed by atoms with van der Waals surface area (Å²) in [5.74, 6) is 0.691. The number of hydrogen-bond donors (Lipinski definition) is 1. The summed E-state index contributed by atoms with van der Waals surface area (Å²) in [5.41, 5.74) is 2.69. The lowest BCUT2D eigenvalue weighted by atomic mass is 10.2. The molecule has 31 heavy (non-hydrogen) atoms. The largest absolute Gasteiger partial charge is 0.325 e. The van der Waals surface area contributed by atoms with Crippen molar-refractivity contribution in [1.29, 1.82) is 0 Å². The highest BCUT2D eigenvalue weighted by molar-refractivity contribution is 9.10. The number of para-hydroxylation sites is 1. The molecule has 1 amide bonds. The van der Waals surface area contributed by atoms with Gasteiger partial charge in [-0.25, -0.2) is 0 Å². The highest BCUT2D eigenvalue weighted by atomic mass is 79.9. The Labute approximate surface area is 194 Å². The number of thioether (sulfide) groups is 1. The van der Waals surface area contributed by atoms with Gasteiger partial charge in [0.15, 0.2) is 11.0 Å². The smallest absolute Gasteiger partial charge is 0.237 e. The van der Waals surface area contributed by atoms with Gasteiger partial charge in [0.05, 0.1) is 5.25 Å². The van der Waals surface area contributed by atoms with Gasteiger partial charge >= 0.3 is 0 Å². The fourth-order valence-electron chi connectivity index (χ4n) is 3.14. The third kappa shape index (κ3) is 5.06. The SMILES string of the molecule is CC[C@H](Sc1nnc(-c2ccccc2)n1-c1ccccc1)C(=O)Nc1ccc(Br)cc1. The standard InChI is InChI=1S/C24H21BrN4OS/c1-2-21(23(30)26-19-15-13-18(25)14-16-19)31-24-28-27-22(17-9-5-3-6-10-17)29(24)20-11-7-4-8-12-20/h3-16,21H,2H2,1H3,(H,26,30)/t21-/m0/s1. The minimum Gasteiger partial charge on any atom is -0.325 e. The summed E-state index contributed by atoms with van der Waals surface area (Å²) >= 11 is 4.84. The van der Waals surface area contributed by atoms with E-state index in [1.807, 2.05) is 96.4 Å². The molecule has 0 aliphatic rings. The predicted molar refractivity (Wildman–Crippen MR) is 130 cm³/mol. The van der Waals surface area contributed by atoms with Crippen LogP contribution in [0.5, 0.6) is 0 Å². The molecule has 1 heterocycles.